The number of aliphatic hydroxyl groups excluding tert-OH is 3. The largest absolute Gasteiger partial charge is 0.394 e. The number of hydrogen-bond acceptors (Lipinski definition) is 7. The Hall–Kier alpha value is -1.81. The molecule has 0 radical (unpaired) electrons. The molecule has 1 aliphatic heterocycles. The highest BCUT2D eigenvalue weighted by atomic mass is 16.6. The molecule has 9 heteroatoms. The first-order valence-corrected chi connectivity index (χ1v) is 5.66. The third kappa shape index (κ3) is 1.75. The lowest BCUT2D eigenvalue weighted by atomic mass is 10.1. The lowest BCUT2D eigenvalue weighted by molar-refractivity contribution is -0.0511. The second kappa shape index (κ2) is 4.38. The van der Waals surface area contributed by atoms with Crippen LogP contribution in [0.4, 0.5) is 0 Å². The fourth-order valence-electron chi connectivity index (χ4n) is 2.16. The summed E-state index contributed by atoms with van der Waals surface area (Å²) in [7, 11) is 0. The van der Waals surface area contributed by atoms with Gasteiger partial charge in [-0.2, -0.15) is 0 Å². The summed E-state index contributed by atoms with van der Waals surface area (Å²) >= 11 is 0. The van der Waals surface area contributed by atoms with Gasteiger partial charge in [-0.05, 0) is 0 Å². The molecule has 0 saturated carbocycles. The van der Waals surface area contributed by atoms with Gasteiger partial charge < -0.3 is 25.0 Å². The van der Waals surface area contributed by atoms with Gasteiger partial charge in [0.25, 0.3) is 5.56 Å². The summed E-state index contributed by atoms with van der Waals surface area (Å²) < 4.78 is 6.70. The molecule has 0 bridgehead atoms. The molecule has 4 atom stereocenters. The van der Waals surface area contributed by atoms with Crippen LogP contribution in [0.3, 0.4) is 0 Å². The first kappa shape index (κ1) is 12.2. The molecule has 0 spiro atoms. The van der Waals surface area contributed by atoms with E-state index in [2.05, 4.69) is 15.0 Å². The number of nitrogens with one attached hydrogen (secondary N) is 1. The minimum absolute atomic E-state index is 0.111. The summed E-state index contributed by atoms with van der Waals surface area (Å²) in [6.07, 6.45) is -1.78. The molecular formula is C10H12N4O5. The quantitative estimate of drug-likeness (QED) is 0.482. The van der Waals surface area contributed by atoms with E-state index in [4.69, 9.17) is 9.84 Å². The van der Waals surface area contributed by atoms with Gasteiger partial charge in [0.2, 0.25) is 0 Å². The molecule has 3 heterocycles. The number of aliphatic hydroxyl groups is 3. The van der Waals surface area contributed by atoms with Crippen molar-refractivity contribution in [3.63, 3.8) is 0 Å². The first-order chi connectivity index (χ1) is 9.13. The number of aromatic amines is 1. The van der Waals surface area contributed by atoms with Crippen molar-refractivity contribution in [2.24, 2.45) is 0 Å². The number of ether oxygens (including phenoxy) is 1. The Balaban J connectivity index is 2.06. The Morgan fingerprint density at radius 2 is 2.16 bits per heavy atom. The highest BCUT2D eigenvalue weighted by Gasteiger charge is 2.43. The van der Waals surface area contributed by atoms with E-state index >= 15 is 0 Å². The number of rotatable bonds is 2. The molecule has 0 amide bonds. The Labute approximate surface area is 106 Å². The molecule has 1 saturated heterocycles. The molecule has 2 aromatic rings. The van der Waals surface area contributed by atoms with Crippen molar-refractivity contribution in [2.45, 2.75) is 24.5 Å². The van der Waals surface area contributed by atoms with Gasteiger partial charge >= 0.3 is 0 Å². The zero-order valence-corrected chi connectivity index (χ0v) is 9.67. The van der Waals surface area contributed by atoms with E-state index in [9.17, 15) is 15.0 Å². The van der Waals surface area contributed by atoms with Gasteiger partial charge in [0, 0.05) is 0 Å². The van der Waals surface area contributed by atoms with Crippen LogP contribution in [0.15, 0.2) is 17.4 Å². The number of aromatic nitrogens is 4. The minimum atomic E-state index is -1.24. The molecule has 1 fully saturated rings. The number of imidazole rings is 1. The van der Waals surface area contributed by atoms with Crippen LogP contribution in [0.1, 0.15) is 6.23 Å². The van der Waals surface area contributed by atoms with Gasteiger partial charge in [0.1, 0.15) is 18.3 Å². The van der Waals surface area contributed by atoms with Crippen molar-refractivity contribution in [1.29, 1.82) is 0 Å². The summed E-state index contributed by atoms with van der Waals surface area (Å²) in [4.78, 5) is 21.8. The fraction of sp³-hybridized carbons (Fsp3) is 0.500. The maximum absolute atomic E-state index is 11.5. The highest BCUT2D eigenvalue weighted by molar-refractivity contribution is 5.68. The van der Waals surface area contributed by atoms with Crippen LogP contribution in [0, 0.1) is 0 Å². The van der Waals surface area contributed by atoms with Crippen LogP contribution in [0.5, 0.6) is 0 Å². The normalized spacial score (nSPS) is 31.1. The first-order valence-electron chi connectivity index (χ1n) is 5.66. The molecule has 4 N–H and O–H groups in total. The van der Waals surface area contributed by atoms with Gasteiger partial charge in [-0.1, -0.05) is 0 Å². The van der Waals surface area contributed by atoms with Gasteiger partial charge in [0.05, 0.1) is 19.3 Å². The van der Waals surface area contributed by atoms with Crippen LogP contribution >= 0.6 is 0 Å². The third-order valence-electron chi connectivity index (χ3n) is 3.16. The lowest BCUT2D eigenvalue weighted by Crippen LogP contribution is -2.33. The van der Waals surface area contributed by atoms with Crippen molar-refractivity contribution in [2.75, 3.05) is 6.61 Å². The molecule has 1 aliphatic rings. The van der Waals surface area contributed by atoms with Crippen LogP contribution in [-0.4, -0.2) is 59.8 Å². The minimum Gasteiger partial charge on any atom is -0.394 e. The molecule has 0 unspecified atom stereocenters. The Morgan fingerprint density at radius 3 is 2.84 bits per heavy atom. The van der Waals surface area contributed by atoms with E-state index in [-0.39, 0.29) is 11.2 Å². The van der Waals surface area contributed by atoms with E-state index in [1.54, 1.807) is 0 Å². The zero-order valence-electron chi connectivity index (χ0n) is 9.67. The van der Waals surface area contributed by atoms with Gasteiger partial charge in [-0.15, -0.1) is 0 Å². The van der Waals surface area contributed by atoms with Crippen molar-refractivity contribution in [1.82, 2.24) is 19.5 Å². The molecule has 19 heavy (non-hydrogen) atoms. The number of H-pyrrole nitrogens is 1. The Bertz CT molecular complexity index is 653. The van der Waals surface area contributed by atoms with Gasteiger partial charge in [-0.25, -0.2) is 9.97 Å². The number of hydrogen-bond donors (Lipinski definition) is 4. The third-order valence-corrected chi connectivity index (χ3v) is 3.16. The Kier molecular flexibility index (Phi) is 2.82. The fourth-order valence-corrected chi connectivity index (χ4v) is 2.16. The highest BCUT2D eigenvalue weighted by Crippen LogP contribution is 2.30. The molecule has 102 valence electrons. The monoisotopic (exact) mass is 268 g/mol. The van der Waals surface area contributed by atoms with E-state index in [0.717, 1.165) is 0 Å². The van der Waals surface area contributed by atoms with E-state index in [1.165, 1.54) is 17.2 Å². The molecule has 0 aromatic carbocycles. The van der Waals surface area contributed by atoms with Crippen LogP contribution in [0.25, 0.3) is 11.2 Å². The maximum Gasteiger partial charge on any atom is 0.278 e. The van der Waals surface area contributed by atoms with Gasteiger partial charge in [0.15, 0.2) is 17.4 Å². The van der Waals surface area contributed by atoms with E-state index in [0.29, 0.717) is 0 Å². The summed E-state index contributed by atoms with van der Waals surface area (Å²) in [5.74, 6) is 0. The number of nitrogens with zero attached hydrogens (tertiary/aromatic N) is 3. The smallest absolute Gasteiger partial charge is 0.278 e. The van der Waals surface area contributed by atoms with Crippen LogP contribution < -0.4 is 5.56 Å². The predicted octanol–water partition coefficient (Wildman–Crippen LogP) is -2.27. The van der Waals surface area contributed by atoms with Crippen LogP contribution in [0.2, 0.25) is 0 Å². The molecule has 0 aliphatic carbocycles. The van der Waals surface area contributed by atoms with Crippen molar-refractivity contribution >= 4 is 11.2 Å². The van der Waals surface area contributed by atoms with Crippen molar-refractivity contribution in [3.05, 3.63) is 23.0 Å². The molecule has 2 aromatic heterocycles. The standard InChI is InChI=1S/C10H12N4O5/c15-1-4-6(16)7(17)10(19-4)14-3-13-5-8(14)11-2-12-9(5)18/h2-4,6-7,10,15-17H,1H2,(H,11,12,18)/t4-,6-,7+,10-/m0/s1. The lowest BCUT2D eigenvalue weighted by Gasteiger charge is -2.16. The summed E-state index contributed by atoms with van der Waals surface area (Å²) in [6.45, 7) is -0.421. The Morgan fingerprint density at radius 1 is 1.37 bits per heavy atom. The topological polar surface area (TPSA) is 133 Å². The number of fused-ring (bicyclic) bond motifs is 1. The SMILES string of the molecule is O=c1[nH]cnc2c1ncn2[C@H]1O[C@@H](CO)[C@H](O)[C@H]1O. The van der Waals surface area contributed by atoms with Crippen LogP contribution in [-0.2, 0) is 4.74 Å². The summed E-state index contributed by atoms with van der Waals surface area (Å²) in [5.41, 5.74) is -0.0608. The summed E-state index contributed by atoms with van der Waals surface area (Å²) in [6, 6.07) is 0. The van der Waals surface area contributed by atoms with Gasteiger partial charge in [-0.3, -0.25) is 9.36 Å². The average Bonchev–Trinajstić information content (AvgIpc) is 2.94. The summed E-state index contributed by atoms with van der Waals surface area (Å²) in [5, 5.41) is 28.6. The zero-order chi connectivity index (χ0) is 13.6. The van der Waals surface area contributed by atoms with Crippen molar-refractivity contribution in [3.8, 4) is 0 Å². The maximum atomic E-state index is 11.5. The molecule has 3 rings (SSSR count). The van der Waals surface area contributed by atoms with E-state index < -0.39 is 36.7 Å². The second-order valence-corrected chi connectivity index (χ2v) is 4.28. The second-order valence-electron chi connectivity index (χ2n) is 4.28. The molecular weight excluding hydrogens is 256 g/mol. The van der Waals surface area contributed by atoms with E-state index in [1.807, 2.05) is 0 Å². The average molecular weight is 268 g/mol. The van der Waals surface area contributed by atoms with Crippen molar-refractivity contribution < 1.29 is 20.1 Å². The predicted molar refractivity (Wildman–Crippen MR) is 61.2 cm³/mol. The molecule has 9 nitrogen and oxygen atoms in total.